The van der Waals surface area contributed by atoms with Crippen LogP contribution in [0.15, 0.2) is 36.4 Å². The molecule has 0 aromatic carbocycles. The summed E-state index contributed by atoms with van der Waals surface area (Å²) in [4.78, 5) is 14.8. The molecule has 4 aromatic heterocycles. The van der Waals surface area contributed by atoms with E-state index in [2.05, 4.69) is 165 Å². The SMILES string of the molecule is Cc1c(C(C)(C)C)c[c-]n1-c1cc(N(C)C)cc(C(C)(C)c2cc(N(C)C)cc(-n3[c-]cc(C(C)(C)C)c3C)n2)n1.[Pd+2]. The van der Waals surface area contributed by atoms with Crippen molar-refractivity contribution in [2.24, 2.45) is 0 Å². The van der Waals surface area contributed by atoms with Gasteiger partial charge in [-0.05, 0) is 38.1 Å². The molecule has 0 amide bonds. The minimum Gasteiger partial charge on any atom is -0.433 e. The van der Waals surface area contributed by atoms with Gasteiger partial charge in [0.15, 0.2) is 0 Å². The van der Waals surface area contributed by atoms with Crippen molar-refractivity contribution in [1.29, 1.82) is 0 Å². The third-order valence-corrected chi connectivity index (χ3v) is 8.11. The topological polar surface area (TPSA) is 42.1 Å². The van der Waals surface area contributed by atoms with E-state index >= 15 is 0 Å². The maximum absolute atomic E-state index is 5.26. The van der Waals surface area contributed by atoms with Crippen LogP contribution < -0.4 is 9.80 Å². The van der Waals surface area contributed by atoms with Gasteiger partial charge in [0.05, 0.1) is 11.6 Å². The van der Waals surface area contributed by atoms with Crippen LogP contribution in [0.2, 0.25) is 0 Å². The van der Waals surface area contributed by atoms with E-state index < -0.39 is 5.41 Å². The Labute approximate surface area is 267 Å². The van der Waals surface area contributed by atoms with Crippen LogP contribution in [0, 0.1) is 26.2 Å². The van der Waals surface area contributed by atoms with Gasteiger partial charge in [-0.3, -0.25) is 9.97 Å². The fraction of sp³-hybridized carbons (Fsp3) is 0.486. The van der Waals surface area contributed by atoms with Gasteiger partial charge in [-0.1, -0.05) is 90.0 Å². The molecule has 7 heteroatoms. The zero-order valence-electron chi connectivity index (χ0n) is 28.0. The van der Waals surface area contributed by atoms with Crippen molar-refractivity contribution in [3.05, 3.63) is 82.7 Å². The summed E-state index contributed by atoms with van der Waals surface area (Å²) in [5.41, 5.74) is 8.52. The van der Waals surface area contributed by atoms with Crippen LogP contribution in [0.3, 0.4) is 0 Å². The van der Waals surface area contributed by atoms with Crippen molar-refractivity contribution in [2.75, 3.05) is 38.0 Å². The Bertz CT molecular complexity index is 1440. The summed E-state index contributed by atoms with van der Waals surface area (Å²) in [6, 6.07) is 12.8. The molecule has 4 rings (SSSR count). The van der Waals surface area contributed by atoms with E-state index in [1.807, 2.05) is 0 Å². The second-order valence-corrected chi connectivity index (χ2v) is 14.3. The second-order valence-electron chi connectivity index (χ2n) is 14.3. The van der Waals surface area contributed by atoms with Gasteiger partial charge >= 0.3 is 20.4 Å². The van der Waals surface area contributed by atoms with E-state index in [0.717, 1.165) is 45.8 Å². The first-order valence-corrected chi connectivity index (χ1v) is 14.4. The first-order chi connectivity index (χ1) is 18.8. The summed E-state index contributed by atoms with van der Waals surface area (Å²) < 4.78 is 4.18. The second kappa shape index (κ2) is 11.7. The van der Waals surface area contributed by atoms with E-state index in [1.54, 1.807) is 0 Å². The molecule has 0 radical (unpaired) electrons. The molecule has 0 spiro atoms. The van der Waals surface area contributed by atoms with Gasteiger partial charge < -0.3 is 18.9 Å². The largest absolute Gasteiger partial charge is 2.00 e. The number of rotatable bonds is 6. The Morgan fingerprint density at radius 2 is 0.929 bits per heavy atom. The van der Waals surface area contributed by atoms with Crippen molar-refractivity contribution in [2.45, 2.75) is 85.5 Å². The molecule has 42 heavy (non-hydrogen) atoms. The molecular formula is C35H48N6Pd. The fourth-order valence-corrected chi connectivity index (χ4v) is 5.42. The average Bonchev–Trinajstić information content (AvgIpc) is 3.45. The zero-order valence-corrected chi connectivity index (χ0v) is 29.5. The molecule has 0 atom stereocenters. The molecule has 228 valence electrons. The Morgan fingerprint density at radius 3 is 1.19 bits per heavy atom. The predicted octanol–water partition coefficient (Wildman–Crippen LogP) is 7.33. The average molecular weight is 659 g/mol. The third kappa shape index (κ3) is 6.38. The first-order valence-electron chi connectivity index (χ1n) is 14.4. The van der Waals surface area contributed by atoms with Crippen molar-refractivity contribution < 1.29 is 20.4 Å². The number of aromatic nitrogens is 4. The van der Waals surface area contributed by atoms with Crippen LogP contribution in [0.25, 0.3) is 11.6 Å². The molecule has 0 aliphatic carbocycles. The normalized spacial score (nSPS) is 12.3. The van der Waals surface area contributed by atoms with Crippen molar-refractivity contribution in [3.63, 3.8) is 0 Å². The number of nitrogens with zero attached hydrogens (tertiary/aromatic N) is 6. The Balaban J connectivity index is 0.00000484. The van der Waals surface area contributed by atoms with Crippen LogP contribution in [0.4, 0.5) is 11.4 Å². The van der Waals surface area contributed by atoms with E-state index in [4.69, 9.17) is 9.97 Å². The molecule has 0 bridgehead atoms. The number of pyridine rings is 2. The minimum atomic E-state index is -0.483. The van der Waals surface area contributed by atoms with Crippen molar-refractivity contribution in [3.8, 4) is 11.6 Å². The first kappa shape index (κ1) is 33.6. The van der Waals surface area contributed by atoms with Crippen LogP contribution in [-0.4, -0.2) is 47.3 Å². The Kier molecular flexibility index (Phi) is 9.33. The number of anilines is 2. The van der Waals surface area contributed by atoms with Crippen LogP contribution >= 0.6 is 0 Å². The maximum atomic E-state index is 5.26. The van der Waals surface area contributed by atoms with Crippen molar-refractivity contribution >= 4 is 11.4 Å². The minimum absolute atomic E-state index is 0. The molecule has 0 aliphatic heterocycles. The standard InChI is InChI=1S/C35H48N6.Pd/c1-23-27(33(3,4)5)15-17-40(23)31-21-25(38(11)12)19-29(36-31)35(9,10)30-20-26(39(13)14)22-32(37-30)41-18-16-28(24(41)2)34(6,7)8;/h15-16,19-22H,1-14H3;/q-2;+2. The predicted molar refractivity (Wildman–Crippen MR) is 172 cm³/mol. The molecule has 0 unspecified atom stereocenters. The quantitative estimate of drug-likeness (QED) is 0.161. The molecule has 0 aliphatic rings. The molecule has 0 N–H and O–H groups in total. The molecular weight excluding hydrogens is 611 g/mol. The summed E-state index contributed by atoms with van der Waals surface area (Å²) >= 11 is 0. The molecule has 4 heterocycles. The summed E-state index contributed by atoms with van der Waals surface area (Å²) in [6.45, 7) is 22.2. The van der Waals surface area contributed by atoms with E-state index in [1.165, 1.54) is 11.1 Å². The smallest absolute Gasteiger partial charge is 0.433 e. The van der Waals surface area contributed by atoms with Gasteiger partial charge in [-0.25, -0.2) is 0 Å². The summed E-state index contributed by atoms with van der Waals surface area (Å²) in [6.07, 6.45) is 6.93. The van der Waals surface area contributed by atoms with Crippen molar-refractivity contribution in [1.82, 2.24) is 19.1 Å². The summed E-state index contributed by atoms with van der Waals surface area (Å²) in [5.74, 6) is 1.72. The van der Waals surface area contributed by atoms with Gasteiger partial charge in [-0.2, -0.15) is 0 Å². The Morgan fingerprint density at radius 1 is 0.595 bits per heavy atom. The Hall–Kier alpha value is -2.88. The molecule has 0 saturated heterocycles. The molecule has 0 saturated carbocycles. The maximum Gasteiger partial charge on any atom is 2.00 e. The van der Waals surface area contributed by atoms with Crippen LogP contribution in [-0.2, 0) is 36.7 Å². The van der Waals surface area contributed by atoms with Crippen LogP contribution in [0.1, 0.15) is 89.3 Å². The van der Waals surface area contributed by atoms with E-state index in [-0.39, 0.29) is 31.3 Å². The monoisotopic (exact) mass is 658 g/mol. The van der Waals surface area contributed by atoms with Gasteiger partial charge in [-0.15, -0.1) is 23.3 Å². The van der Waals surface area contributed by atoms with E-state index in [9.17, 15) is 0 Å². The third-order valence-electron chi connectivity index (χ3n) is 8.11. The number of hydrogen-bond donors (Lipinski definition) is 0. The van der Waals surface area contributed by atoms with Gasteiger partial charge in [0.2, 0.25) is 0 Å². The zero-order chi connectivity index (χ0) is 30.7. The van der Waals surface area contributed by atoms with Gasteiger partial charge in [0.1, 0.15) is 0 Å². The summed E-state index contributed by atoms with van der Waals surface area (Å²) in [5, 5.41) is 0. The van der Waals surface area contributed by atoms with Gasteiger partial charge in [0.25, 0.3) is 0 Å². The fourth-order valence-electron chi connectivity index (χ4n) is 5.42. The molecule has 6 nitrogen and oxygen atoms in total. The number of hydrogen-bond acceptors (Lipinski definition) is 4. The molecule has 4 aromatic rings. The summed E-state index contributed by atoms with van der Waals surface area (Å²) in [7, 11) is 8.29. The molecule has 0 fully saturated rings. The van der Waals surface area contributed by atoms with E-state index in [0.29, 0.717) is 0 Å². The van der Waals surface area contributed by atoms with Gasteiger partial charge in [0, 0.05) is 56.4 Å². The van der Waals surface area contributed by atoms with Crippen LogP contribution in [0.5, 0.6) is 0 Å².